The molecule has 1 saturated heterocycles. The molecular formula is C27H28Cl2N2O3. The lowest BCUT2D eigenvalue weighted by Crippen LogP contribution is -2.49. The molecule has 1 fully saturated rings. The zero-order valence-corrected chi connectivity index (χ0v) is 20.9. The maximum absolute atomic E-state index is 13.3. The van der Waals surface area contributed by atoms with Crippen LogP contribution in [0.25, 0.3) is 0 Å². The van der Waals surface area contributed by atoms with Gasteiger partial charge < -0.3 is 19.3 Å². The molecule has 5 nitrogen and oxygen atoms in total. The van der Waals surface area contributed by atoms with E-state index < -0.39 is 0 Å². The van der Waals surface area contributed by atoms with Gasteiger partial charge in [-0.2, -0.15) is 0 Å². The average molecular weight is 499 g/mol. The van der Waals surface area contributed by atoms with E-state index in [0.29, 0.717) is 48.4 Å². The molecule has 0 saturated carbocycles. The monoisotopic (exact) mass is 498 g/mol. The molecule has 0 atom stereocenters. The van der Waals surface area contributed by atoms with Gasteiger partial charge in [0.05, 0.1) is 6.61 Å². The number of rotatable bonds is 7. The maximum atomic E-state index is 13.3. The molecule has 0 spiro atoms. The lowest BCUT2D eigenvalue weighted by Gasteiger charge is -2.37. The number of halogens is 2. The lowest BCUT2D eigenvalue weighted by molar-refractivity contribution is 0.0746. The molecule has 0 aromatic heterocycles. The number of nitrogens with zero attached hydrogens (tertiary/aromatic N) is 2. The molecule has 1 aliphatic heterocycles. The molecule has 0 N–H and O–H groups in total. The molecule has 34 heavy (non-hydrogen) atoms. The minimum absolute atomic E-state index is 0.0123. The van der Waals surface area contributed by atoms with Crippen molar-refractivity contribution in [3.05, 3.63) is 87.4 Å². The van der Waals surface area contributed by atoms with Crippen molar-refractivity contribution in [3.8, 4) is 11.5 Å². The summed E-state index contributed by atoms with van der Waals surface area (Å²) in [6, 6.07) is 18.7. The highest BCUT2D eigenvalue weighted by Gasteiger charge is 2.24. The third-order valence-corrected chi connectivity index (χ3v) is 6.38. The van der Waals surface area contributed by atoms with Crippen molar-refractivity contribution in [1.82, 2.24) is 4.90 Å². The van der Waals surface area contributed by atoms with Crippen LogP contribution in [0, 0.1) is 6.92 Å². The zero-order valence-electron chi connectivity index (χ0n) is 19.4. The molecule has 0 bridgehead atoms. The molecule has 178 valence electrons. The molecule has 0 aliphatic carbocycles. The number of amides is 1. The normalized spacial score (nSPS) is 13.6. The van der Waals surface area contributed by atoms with Crippen LogP contribution in [0.2, 0.25) is 10.0 Å². The Bertz CT molecular complexity index is 1140. The van der Waals surface area contributed by atoms with E-state index in [2.05, 4.69) is 11.8 Å². The smallest absolute Gasteiger partial charge is 0.253 e. The van der Waals surface area contributed by atoms with E-state index in [1.54, 1.807) is 12.1 Å². The van der Waals surface area contributed by atoms with Gasteiger partial charge in [-0.1, -0.05) is 29.3 Å². The van der Waals surface area contributed by atoms with E-state index in [9.17, 15) is 4.79 Å². The molecule has 3 aromatic carbocycles. The van der Waals surface area contributed by atoms with Crippen molar-refractivity contribution in [1.29, 1.82) is 0 Å². The number of carbonyl (C=O) groups excluding carboxylic acids is 1. The first kappa shape index (κ1) is 24.2. The Morgan fingerprint density at radius 2 is 1.59 bits per heavy atom. The van der Waals surface area contributed by atoms with Gasteiger partial charge in [-0.3, -0.25) is 4.79 Å². The number of hydrogen-bond acceptors (Lipinski definition) is 4. The van der Waals surface area contributed by atoms with Crippen molar-refractivity contribution >= 4 is 34.8 Å². The molecule has 3 aromatic rings. The molecule has 1 heterocycles. The predicted octanol–water partition coefficient (Wildman–Crippen LogP) is 6.24. The molecule has 0 radical (unpaired) electrons. The number of benzene rings is 3. The van der Waals surface area contributed by atoms with Crippen molar-refractivity contribution < 1.29 is 14.3 Å². The minimum Gasteiger partial charge on any atom is -0.493 e. The molecule has 0 unspecified atom stereocenters. The van der Waals surface area contributed by atoms with Gasteiger partial charge in [0.2, 0.25) is 0 Å². The quantitative estimate of drug-likeness (QED) is 0.386. The third kappa shape index (κ3) is 5.78. The summed E-state index contributed by atoms with van der Waals surface area (Å²) in [5.74, 6) is 1.43. The third-order valence-electron chi connectivity index (χ3n) is 5.89. The van der Waals surface area contributed by atoms with Gasteiger partial charge in [0.25, 0.3) is 5.91 Å². The first-order valence-corrected chi connectivity index (χ1v) is 12.1. The molecule has 1 aliphatic rings. The SMILES string of the molecule is CCOc1ccc(C(=O)N2CCN(c3cc(Cl)ccc3C)CC2)cc1COc1ccc(Cl)cc1. The van der Waals surface area contributed by atoms with Crippen LogP contribution < -0.4 is 14.4 Å². The summed E-state index contributed by atoms with van der Waals surface area (Å²) in [6.45, 7) is 7.66. The van der Waals surface area contributed by atoms with Crippen LogP contribution in [0.4, 0.5) is 5.69 Å². The summed E-state index contributed by atoms with van der Waals surface area (Å²) in [5.41, 5.74) is 3.77. The zero-order chi connectivity index (χ0) is 24.1. The summed E-state index contributed by atoms with van der Waals surface area (Å²) in [4.78, 5) is 17.5. The van der Waals surface area contributed by atoms with Crippen molar-refractivity contribution in [2.75, 3.05) is 37.7 Å². The van der Waals surface area contributed by atoms with E-state index in [0.717, 1.165) is 29.4 Å². The van der Waals surface area contributed by atoms with Crippen molar-refractivity contribution in [3.63, 3.8) is 0 Å². The van der Waals surface area contributed by atoms with Gasteiger partial charge >= 0.3 is 0 Å². The highest BCUT2D eigenvalue weighted by Crippen LogP contribution is 2.27. The first-order valence-electron chi connectivity index (χ1n) is 11.4. The number of aryl methyl sites for hydroxylation is 1. The van der Waals surface area contributed by atoms with Gasteiger partial charge in [0.15, 0.2) is 0 Å². The van der Waals surface area contributed by atoms with Crippen molar-refractivity contribution in [2.24, 2.45) is 0 Å². The Hall–Kier alpha value is -2.89. The Morgan fingerprint density at radius 3 is 2.29 bits per heavy atom. The second kappa shape index (κ2) is 11.0. The largest absolute Gasteiger partial charge is 0.493 e. The standard InChI is InChI=1S/C27H28Cl2N2O3/c1-3-33-26-11-5-20(16-21(26)18-34-24-9-7-22(28)8-10-24)27(32)31-14-12-30(13-15-31)25-17-23(29)6-4-19(25)2/h4-11,16-17H,3,12-15,18H2,1-2H3. The summed E-state index contributed by atoms with van der Waals surface area (Å²) >= 11 is 12.2. The average Bonchev–Trinajstić information content (AvgIpc) is 2.86. The number of hydrogen-bond donors (Lipinski definition) is 0. The Kier molecular flexibility index (Phi) is 7.86. The van der Waals surface area contributed by atoms with E-state index in [4.69, 9.17) is 32.7 Å². The van der Waals surface area contributed by atoms with Gasteiger partial charge in [0, 0.05) is 53.0 Å². The molecule has 7 heteroatoms. The number of anilines is 1. The molecule has 4 rings (SSSR count). The Morgan fingerprint density at radius 1 is 0.882 bits per heavy atom. The van der Waals surface area contributed by atoms with Gasteiger partial charge in [-0.15, -0.1) is 0 Å². The van der Waals surface area contributed by atoms with E-state index in [1.165, 1.54) is 5.56 Å². The van der Waals surface area contributed by atoms with Gasteiger partial charge in [-0.25, -0.2) is 0 Å². The van der Waals surface area contributed by atoms with Crippen LogP contribution in [0.15, 0.2) is 60.7 Å². The fourth-order valence-corrected chi connectivity index (χ4v) is 4.36. The van der Waals surface area contributed by atoms with Crippen LogP contribution in [0.1, 0.15) is 28.4 Å². The predicted molar refractivity (Wildman–Crippen MR) is 138 cm³/mol. The number of piperazine rings is 1. The Balaban J connectivity index is 1.44. The molecular weight excluding hydrogens is 471 g/mol. The topological polar surface area (TPSA) is 42.0 Å². The van der Waals surface area contributed by atoms with Crippen LogP contribution in [0.3, 0.4) is 0 Å². The van der Waals surface area contributed by atoms with Crippen LogP contribution in [-0.4, -0.2) is 43.6 Å². The second-order valence-electron chi connectivity index (χ2n) is 8.21. The van der Waals surface area contributed by atoms with Crippen LogP contribution >= 0.6 is 23.2 Å². The number of ether oxygens (including phenoxy) is 2. The fraction of sp³-hybridized carbons (Fsp3) is 0.296. The second-order valence-corrected chi connectivity index (χ2v) is 9.08. The van der Waals surface area contributed by atoms with Gasteiger partial charge in [-0.05, 0) is 74.0 Å². The maximum Gasteiger partial charge on any atom is 0.253 e. The van der Waals surface area contributed by atoms with E-state index >= 15 is 0 Å². The van der Waals surface area contributed by atoms with Gasteiger partial charge in [0.1, 0.15) is 18.1 Å². The molecule has 1 amide bonds. The lowest BCUT2D eigenvalue weighted by atomic mass is 10.1. The summed E-state index contributed by atoms with van der Waals surface area (Å²) in [5, 5.41) is 1.38. The summed E-state index contributed by atoms with van der Waals surface area (Å²) in [7, 11) is 0. The van der Waals surface area contributed by atoms with E-state index in [-0.39, 0.29) is 5.91 Å². The summed E-state index contributed by atoms with van der Waals surface area (Å²) in [6.07, 6.45) is 0. The fourth-order valence-electron chi connectivity index (χ4n) is 4.07. The van der Waals surface area contributed by atoms with E-state index in [1.807, 2.05) is 60.4 Å². The number of carbonyl (C=O) groups is 1. The summed E-state index contributed by atoms with van der Waals surface area (Å²) < 4.78 is 11.7. The van der Waals surface area contributed by atoms with Crippen LogP contribution in [0.5, 0.6) is 11.5 Å². The Labute approximate surface area is 210 Å². The first-order chi connectivity index (χ1) is 16.4. The van der Waals surface area contributed by atoms with Crippen molar-refractivity contribution in [2.45, 2.75) is 20.5 Å². The minimum atomic E-state index is 0.0123. The highest BCUT2D eigenvalue weighted by molar-refractivity contribution is 6.31. The highest BCUT2D eigenvalue weighted by atomic mass is 35.5. The van der Waals surface area contributed by atoms with Crippen LogP contribution in [-0.2, 0) is 6.61 Å².